The molecule has 110 valence electrons. The van der Waals surface area contributed by atoms with E-state index >= 15 is 0 Å². The van der Waals surface area contributed by atoms with Crippen molar-refractivity contribution in [3.8, 4) is 5.75 Å². The van der Waals surface area contributed by atoms with Crippen LogP contribution in [0.1, 0.15) is 19.8 Å². The summed E-state index contributed by atoms with van der Waals surface area (Å²) < 4.78 is 5.53. The van der Waals surface area contributed by atoms with Gasteiger partial charge in [-0.05, 0) is 30.7 Å². The van der Waals surface area contributed by atoms with E-state index in [-0.39, 0.29) is 18.6 Å². The highest BCUT2D eigenvalue weighted by Gasteiger charge is 2.25. The van der Waals surface area contributed by atoms with Gasteiger partial charge >= 0.3 is 0 Å². The molecule has 1 saturated heterocycles. The number of nitrogens with zero attached hydrogens (tertiary/aromatic N) is 1. The molecule has 5 heteroatoms. The zero-order valence-electron chi connectivity index (χ0n) is 11.8. The number of nitrogens with one attached hydrogen (secondary N) is 1. The molecular formula is C15H21ClN2O2. The van der Waals surface area contributed by atoms with Gasteiger partial charge in [-0.1, -0.05) is 24.9 Å². The van der Waals surface area contributed by atoms with E-state index in [9.17, 15) is 4.79 Å². The second-order valence-corrected chi connectivity index (χ2v) is 5.41. The first-order chi connectivity index (χ1) is 9.70. The summed E-state index contributed by atoms with van der Waals surface area (Å²) in [5.74, 6) is 0.727. The quantitative estimate of drug-likeness (QED) is 0.907. The van der Waals surface area contributed by atoms with Gasteiger partial charge in [0.25, 0.3) is 5.91 Å². The summed E-state index contributed by atoms with van der Waals surface area (Å²) >= 11 is 5.81. The van der Waals surface area contributed by atoms with Crippen molar-refractivity contribution < 1.29 is 9.53 Å². The van der Waals surface area contributed by atoms with Crippen molar-refractivity contribution in [1.29, 1.82) is 0 Å². The summed E-state index contributed by atoms with van der Waals surface area (Å²) in [5.41, 5.74) is 0. The van der Waals surface area contributed by atoms with E-state index in [4.69, 9.17) is 16.3 Å². The molecular weight excluding hydrogens is 276 g/mol. The highest BCUT2D eigenvalue weighted by molar-refractivity contribution is 6.30. The van der Waals surface area contributed by atoms with Crippen LogP contribution in [-0.2, 0) is 4.79 Å². The topological polar surface area (TPSA) is 41.6 Å². The van der Waals surface area contributed by atoms with Gasteiger partial charge in [0.1, 0.15) is 5.75 Å². The Kier molecular flexibility index (Phi) is 5.68. The smallest absolute Gasteiger partial charge is 0.260 e. The molecule has 0 bridgehead atoms. The van der Waals surface area contributed by atoms with Crippen LogP contribution >= 0.6 is 11.6 Å². The largest absolute Gasteiger partial charge is 0.484 e. The third kappa shape index (κ3) is 4.12. The summed E-state index contributed by atoms with van der Waals surface area (Å²) in [4.78, 5) is 14.2. The Morgan fingerprint density at radius 3 is 2.90 bits per heavy atom. The first-order valence-corrected chi connectivity index (χ1v) is 7.47. The zero-order valence-corrected chi connectivity index (χ0v) is 12.5. The number of ether oxygens (including phenoxy) is 1. The standard InChI is InChI=1S/C15H21ClN2O2/c1-2-3-13-10-17-8-9-18(13)15(19)11-20-14-6-4-12(16)5-7-14/h4-7,13,17H,2-3,8-11H2,1H3. The van der Waals surface area contributed by atoms with Crippen molar-refractivity contribution in [2.75, 3.05) is 26.2 Å². The Balaban J connectivity index is 1.88. The van der Waals surface area contributed by atoms with Crippen LogP contribution in [0.3, 0.4) is 0 Å². The number of amides is 1. The lowest BCUT2D eigenvalue weighted by Crippen LogP contribution is -2.54. The first kappa shape index (κ1) is 15.1. The summed E-state index contributed by atoms with van der Waals surface area (Å²) in [6.07, 6.45) is 2.11. The van der Waals surface area contributed by atoms with Crippen LogP contribution in [0.4, 0.5) is 0 Å². The molecule has 0 spiro atoms. The van der Waals surface area contributed by atoms with Crippen molar-refractivity contribution in [3.63, 3.8) is 0 Å². The molecule has 1 aliphatic heterocycles. The van der Waals surface area contributed by atoms with Gasteiger partial charge in [-0.2, -0.15) is 0 Å². The number of rotatable bonds is 5. The van der Waals surface area contributed by atoms with Gasteiger partial charge < -0.3 is 15.0 Å². The number of halogens is 1. The molecule has 1 N–H and O–H groups in total. The van der Waals surface area contributed by atoms with Gasteiger partial charge in [0.15, 0.2) is 6.61 Å². The molecule has 1 aliphatic rings. The molecule has 1 amide bonds. The minimum Gasteiger partial charge on any atom is -0.484 e. The maximum atomic E-state index is 12.3. The predicted molar refractivity (Wildman–Crippen MR) is 80.2 cm³/mol. The third-order valence-corrected chi connectivity index (χ3v) is 3.72. The van der Waals surface area contributed by atoms with Crippen LogP contribution in [0.5, 0.6) is 5.75 Å². The number of piperazine rings is 1. The van der Waals surface area contributed by atoms with Crippen LogP contribution in [0.2, 0.25) is 5.02 Å². The van der Waals surface area contributed by atoms with Gasteiger partial charge in [0, 0.05) is 30.7 Å². The molecule has 1 unspecified atom stereocenters. The molecule has 20 heavy (non-hydrogen) atoms. The fourth-order valence-corrected chi connectivity index (χ4v) is 2.57. The Morgan fingerprint density at radius 1 is 1.45 bits per heavy atom. The second-order valence-electron chi connectivity index (χ2n) is 4.98. The lowest BCUT2D eigenvalue weighted by Gasteiger charge is -2.36. The van der Waals surface area contributed by atoms with Crippen LogP contribution in [0.15, 0.2) is 24.3 Å². The van der Waals surface area contributed by atoms with Crippen LogP contribution in [0, 0.1) is 0 Å². The highest BCUT2D eigenvalue weighted by atomic mass is 35.5. The Labute approximate surface area is 125 Å². The normalized spacial score (nSPS) is 18.9. The second kappa shape index (κ2) is 7.50. The van der Waals surface area contributed by atoms with Crippen molar-refractivity contribution >= 4 is 17.5 Å². The molecule has 0 aromatic heterocycles. The molecule has 1 aromatic rings. The number of hydrogen-bond acceptors (Lipinski definition) is 3. The summed E-state index contributed by atoms with van der Waals surface area (Å²) in [5, 5.41) is 4.00. The number of hydrogen-bond donors (Lipinski definition) is 1. The van der Waals surface area contributed by atoms with E-state index < -0.39 is 0 Å². The Hall–Kier alpha value is -1.26. The van der Waals surface area contributed by atoms with Gasteiger partial charge in [-0.15, -0.1) is 0 Å². The summed E-state index contributed by atoms with van der Waals surface area (Å²) in [7, 11) is 0. The molecule has 0 saturated carbocycles. The molecule has 1 heterocycles. The number of benzene rings is 1. The van der Waals surface area contributed by atoms with E-state index in [1.807, 2.05) is 4.90 Å². The fraction of sp³-hybridized carbons (Fsp3) is 0.533. The lowest BCUT2D eigenvalue weighted by molar-refractivity contribution is -0.136. The molecule has 0 aliphatic carbocycles. The maximum absolute atomic E-state index is 12.3. The third-order valence-electron chi connectivity index (χ3n) is 3.47. The zero-order chi connectivity index (χ0) is 14.4. The first-order valence-electron chi connectivity index (χ1n) is 7.09. The van der Waals surface area contributed by atoms with Gasteiger partial charge in [0.2, 0.25) is 0 Å². The van der Waals surface area contributed by atoms with Crippen LogP contribution in [0.25, 0.3) is 0 Å². The average molecular weight is 297 g/mol. The highest BCUT2D eigenvalue weighted by Crippen LogP contribution is 2.16. The van der Waals surface area contributed by atoms with Crippen molar-refractivity contribution in [1.82, 2.24) is 10.2 Å². The predicted octanol–water partition coefficient (Wildman–Crippen LogP) is 2.32. The monoisotopic (exact) mass is 296 g/mol. The average Bonchev–Trinajstić information content (AvgIpc) is 2.47. The minimum absolute atomic E-state index is 0.0555. The van der Waals surface area contributed by atoms with E-state index in [2.05, 4.69) is 12.2 Å². The SMILES string of the molecule is CCCC1CNCCN1C(=O)COc1ccc(Cl)cc1. The number of carbonyl (C=O) groups is 1. The molecule has 1 fully saturated rings. The van der Waals surface area contributed by atoms with Gasteiger partial charge in [-0.25, -0.2) is 0 Å². The molecule has 0 radical (unpaired) electrons. The van der Waals surface area contributed by atoms with E-state index in [1.54, 1.807) is 24.3 Å². The molecule has 4 nitrogen and oxygen atoms in total. The van der Waals surface area contributed by atoms with Crippen molar-refractivity contribution in [2.24, 2.45) is 0 Å². The van der Waals surface area contributed by atoms with Crippen LogP contribution < -0.4 is 10.1 Å². The summed E-state index contributed by atoms with van der Waals surface area (Å²) in [6, 6.07) is 7.35. The number of carbonyl (C=O) groups excluding carboxylic acids is 1. The maximum Gasteiger partial charge on any atom is 0.260 e. The van der Waals surface area contributed by atoms with Crippen molar-refractivity contribution in [3.05, 3.63) is 29.3 Å². The molecule has 1 atom stereocenters. The summed E-state index contributed by atoms with van der Waals surface area (Å²) in [6.45, 7) is 4.71. The molecule has 1 aromatic carbocycles. The van der Waals surface area contributed by atoms with Crippen LogP contribution in [-0.4, -0.2) is 43.1 Å². The lowest BCUT2D eigenvalue weighted by atomic mass is 10.1. The molecule has 2 rings (SSSR count). The van der Waals surface area contributed by atoms with E-state index in [1.165, 1.54) is 0 Å². The van der Waals surface area contributed by atoms with Gasteiger partial charge in [0.05, 0.1) is 0 Å². The van der Waals surface area contributed by atoms with E-state index in [0.717, 1.165) is 32.5 Å². The van der Waals surface area contributed by atoms with Gasteiger partial charge in [-0.3, -0.25) is 4.79 Å². The Bertz CT molecular complexity index is 434. The Morgan fingerprint density at radius 2 is 2.20 bits per heavy atom. The van der Waals surface area contributed by atoms with E-state index in [0.29, 0.717) is 10.8 Å². The fourth-order valence-electron chi connectivity index (χ4n) is 2.44. The minimum atomic E-state index is 0.0555. The van der Waals surface area contributed by atoms with Crippen molar-refractivity contribution in [2.45, 2.75) is 25.8 Å².